The van der Waals surface area contributed by atoms with Crippen LogP contribution in [0.25, 0.3) is 0 Å². The van der Waals surface area contributed by atoms with Crippen LogP contribution in [0.1, 0.15) is 32.1 Å². The lowest BCUT2D eigenvalue weighted by Crippen LogP contribution is -2.05. The molecule has 1 aliphatic carbocycles. The van der Waals surface area contributed by atoms with E-state index in [9.17, 15) is 4.79 Å². The van der Waals surface area contributed by atoms with Crippen molar-refractivity contribution in [1.29, 1.82) is 0 Å². The van der Waals surface area contributed by atoms with Crippen molar-refractivity contribution in [2.45, 2.75) is 38.2 Å². The first-order valence-electron chi connectivity index (χ1n) is 5.50. The Kier molecular flexibility index (Phi) is 3.06. The van der Waals surface area contributed by atoms with Gasteiger partial charge in [-0.1, -0.05) is 6.42 Å². The van der Waals surface area contributed by atoms with Crippen LogP contribution in [0.5, 0.6) is 0 Å². The Morgan fingerprint density at radius 2 is 2.29 bits per heavy atom. The Balaban J connectivity index is 1.64. The number of carbonyl (C=O) groups excluding carboxylic acids is 1. The Bertz CT molecular complexity index is 215. The fraction of sp³-hybridized carbons (Fsp3) is 0.909. The van der Waals surface area contributed by atoms with Crippen molar-refractivity contribution < 1.29 is 14.3 Å². The van der Waals surface area contributed by atoms with Gasteiger partial charge >= 0.3 is 5.97 Å². The molecule has 1 saturated heterocycles. The molecule has 0 amide bonds. The van der Waals surface area contributed by atoms with Crippen LogP contribution >= 0.6 is 0 Å². The van der Waals surface area contributed by atoms with E-state index in [0.29, 0.717) is 5.92 Å². The van der Waals surface area contributed by atoms with Crippen molar-refractivity contribution in [3.8, 4) is 0 Å². The molecule has 3 unspecified atom stereocenters. The molecule has 2 fully saturated rings. The van der Waals surface area contributed by atoms with E-state index in [2.05, 4.69) is 0 Å². The van der Waals surface area contributed by atoms with Gasteiger partial charge in [-0.15, -0.1) is 0 Å². The zero-order valence-electron chi connectivity index (χ0n) is 8.70. The highest BCUT2D eigenvalue weighted by molar-refractivity contribution is 5.87. The van der Waals surface area contributed by atoms with E-state index in [1.165, 1.54) is 25.7 Å². The number of hydrogen-bond acceptors (Lipinski definition) is 3. The molecule has 1 aliphatic heterocycles. The Hall–Kier alpha value is -0.570. The van der Waals surface area contributed by atoms with E-state index >= 15 is 0 Å². The minimum absolute atomic E-state index is 0.0209. The van der Waals surface area contributed by atoms with Gasteiger partial charge in [0.2, 0.25) is 6.10 Å². The van der Waals surface area contributed by atoms with Gasteiger partial charge in [0, 0.05) is 19.6 Å². The van der Waals surface area contributed by atoms with E-state index in [1.54, 1.807) is 7.11 Å². The number of ether oxygens (including phenoxy) is 2. The third-order valence-corrected chi connectivity index (χ3v) is 3.39. The average molecular weight is 198 g/mol. The van der Waals surface area contributed by atoms with Crippen LogP contribution in [0, 0.1) is 11.8 Å². The molecule has 0 bridgehead atoms. The highest BCUT2D eigenvalue weighted by Gasteiger charge is 2.47. The highest BCUT2D eigenvalue weighted by Crippen LogP contribution is 2.40. The number of hydrogen-bond donors (Lipinski definition) is 0. The van der Waals surface area contributed by atoms with Gasteiger partial charge in [-0.25, -0.2) is 4.79 Å². The maximum atomic E-state index is 10.8. The fourth-order valence-electron chi connectivity index (χ4n) is 2.55. The molecule has 3 atom stereocenters. The molecule has 3 nitrogen and oxygen atoms in total. The second kappa shape index (κ2) is 4.30. The van der Waals surface area contributed by atoms with E-state index in [1.807, 2.05) is 0 Å². The first kappa shape index (κ1) is 9.97. The summed E-state index contributed by atoms with van der Waals surface area (Å²) in [5.41, 5.74) is 0. The molecular weight excluding hydrogens is 180 g/mol. The SMILES string of the molecule is COCCCC1CCC(C2OC2=O)C1. The number of epoxide rings is 1. The Morgan fingerprint density at radius 1 is 1.50 bits per heavy atom. The van der Waals surface area contributed by atoms with Crippen molar-refractivity contribution >= 4 is 5.97 Å². The third kappa shape index (κ3) is 2.27. The lowest BCUT2D eigenvalue weighted by Gasteiger charge is -2.08. The molecule has 3 heteroatoms. The van der Waals surface area contributed by atoms with E-state index < -0.39 is 0 Å². The number of rotatable bonds is 5. The largest absolute Gasteiger partial charge is 0.447 e. The summed E-state index contributed by atoms with van der Waals surface area (Å²) in [5, 5.41) is 0. The zero-order valence-corrected chi connectivity index (χ0v) is 8.70. The number of methoxy groups -OCH3 is 1. The maximum Gasteiger partial charge on any atom is 0.348 e. The lowest BCUT2D eigenvalue weighted by molar-refractivity contribution is -0.117. The molecule has 1 saturated carbocycles. The second-order valence-corrected chi connectivity index (χ2v) is 4.43. The second-order valence-electron chi connectivity index (χ2n) is 4.43. The van der Waals surface area contributed by atoms with Crippen molar-refractivity contribution in [1.82, 2.24) is 0 Å². The number of carbonyl (C=O) groups is 1. The summed E-state index contributed by atoms with van der Waals surface area (Å²) < 4.78 is 9.94. The molecule has 0 N–H and O–H groups in total. The van der Waals surface area contributed by atoms with Gasteiger partial charge in [0.1, 0.15) is 0 Å². The average Bonchev–Trinajstić information content (AvgIpc) is 2.74. The van der Waals surface area contributed by atoms with E-state index in [4.69, 9.17) is 9.47 Å². The number of cyclic esters (lactones) is 1. The molecule has 0 spiro atoms. The van der Waals surface area contributed by atoms with Crippen molar-refractivity contribution in [2.75, 3.05) is 13.7 Å². The third-order valence-electron chi connectivity index (χ3n) is 3.39. The van der Waals surface area contributed by atoms with E-state index in [-0.39, 0.29) is 12.1 Å². The van der Waals surface area contributed by atoms with Crippen molar-refractivity contribution in [2.24, 2.45) is 11.8 Å². The molecule has 80 valence electrons. The zero-order chi connectivity index (χ0) is 9.97. The van der Waals surface area contributed by atoms with E-state index in [0.717, 1.165) is 18.9 Å². The van der Waals surface area contributed by atoms with Crippen LogP contribution in [0.15, 0.2) is 0 Å². The Morgan fingerprint density at radius 3 is 2.93 bits per heavy atom. The standard InChI is InChI=1S/C11H18O3/c1-13-6-2-3-8-4-5-9(7-8)10-11(12)14-10/h8-10H,2-7H2,1H3. The topological polar surface area (TPSA) is 38.8 Å². The van der Waals surface area contributed by atoms with Gasteiger partial charge in [-0.2, -0.15) is 0 Å². The molecule has 0 radical (unpaired) electrons. The van der Waals surface area contributed by atoms with Gasteiger partial charge in [0.25, 0.3) is 0 Å². The maximum absolute atomic E-state index is 10.8. The highest BCUT2D eigenvalue weighted by atomic mass is 16.6. The van der Waals surface area contributed by atoms with Gasteiger partial charge in [-0.05, 0) is 31.6 Å². The predicted molar refractivity (Wildman–Crippen MR) is 51.8 cm³/mol. The first-order valence-corrected chi connectivity index (χ1v) is 5.50. The Labute approximate surface area is 84.8 Å². The van der Waals surface area contributed by atoms with Crippen LogP contribution in [-0.2, 0) is 14.3 Å². The van der Waals surface area contributed by atoms with Gasteiger partial charge in [-0.3, -0.25) is 0 Å². The summed E-state index contributed by atoms with van der Waals surface area (Å²) in [4.78, 5) is 10.8. The fourth-order valence-corrected chi connectivity index (χ4v) is 2.55. The molecule has 14 heavy (non-hydrogen) atoms. The lowest BCUT2D eigenvalue weighted by atomic mass is 9.98. The van der Waals surface area contributed by atoms with Crippen LogP contribution in [0.4, 0.5) is 0 Å². The van der Waals surface area contributed by atoms with Gasteiger partial charge in [0.05, 0.1) is 0 Å². The summed E-state index contributed by atoms with van der Waals surface area (Å²) in [7, 11) is 1.74. The summed E-state index contributed by atoms with van der Waals surface area (Å²) in [5.74, 6) is 1.34. The van der Waals surface area contributed by atoms with Crippen molar-refractivity contribution in [3.05, 3.63) is 0 Å². The monoisotopic (exact) mass is 198 g/mol. The molecule has 2 rings (SSSR count). The summed E-state index contributed by atoms with van der Waals surface area (Å²) in [6.45, 7) is 0.861. The quantitative estimate of drug-likeness (QED) is 0.499. The smallest absolute Gasteiger partial charge is 0.348 e. The van der Waals surface area contributed by atoms with Gasteiger partial charge in [0.15, 0.2) is 0 Å². The van der Waals surface area contributed by atoms with Crippen LogP contribution in [0.2, 0.25) is 0 Å². The van der Waals surface area contributed by atoms with Crippen LogP contribution in [-0.4, -0.2) is 25.8 Å². The first-order chi connectivity index (χ1) is 6.81. The van der Waals surface area contributed by atoms with Crippen LogP contribution in [0.3, 0.4) is 0 Å². The van der Waals surface area contributed by atoms with Crippen molar-refractivity contribution in [3.63, 3.8) is 0 Å². The minimum atomic E-state index is -0.0255. The van der Waals surface area contributed by atoms with Gasteiger partial charge < -0.3 is 9.47 Å². The summed E-state index contributed by atoms with van der Waals surface area (Å²) >= 11 is 0. The summed E-state index contributed by atoms with van der Waals surface area (Å²) in [6, 6.07) is 0. The summed E-state index contributed by atoms with van der Waals surface area (Å²) in [6.07, 6.45) is 5.98. The predicted octanol–water partition coefficient (Wildman–Crippen LogP) is 1.75. The molecule has 0 aromatic carbocycles. The minimum Gasteiger partial charge on any atom is -0.447 e. The molecule has 2 aliphatic rings. The molecule has 0 aromatic rings. The normalized spacial score (nSPS) is 35.8. The molecule has 0 aromatic heterocycles. The molecular formula is C11H18O3. The molecule has 1 heterocycles. The van der Waals surface area contributed by atoms with Crippen LogP contribution < -0.4 is 0 Å².